The molecule has 0 aliphatic rings. The Balaban J connectivity index is 1.49. The first-order valence-electron chi connectivity index (χ1n) is 7.11. The standard InChI is InChI=1S/C16H15N3O3S/c1-10-9-18-16(23-10)19-14(20)6-7-17-15(21)13-8-11-4-2-3-5-12(11)22-13/h2-5,8-9H,6-7H2,1H3,(H,17,21)(H,18,19,20). The van der Waals surface area contributed by atoms with Gasteiger partial charge in [0, 0.05) is 29.4 Å². The Morgan fingerprint density at radius 3 is 2.87 bits per heavy atom. The molecule has 0 radical (unpaired) electrons. The fourth-order valence-electron chi connectivity index (χ4n) is 2.06. The fourth-order valence-corrected chi connectivity index (χ4v) is 2.75. The maximum atomic E-state index is 12.0. The molecule has 3 aromatic rings. The number of aryl methyl sites for hydroxylation is 1. The molecule has 3 rings (SSSR count). The van der Waals surface area contributed by atoms with Crippen molar-refractivity contribution in [2.45, 2.75) is 13.3 Å². The highest BCUT2D eigenvalue weighted by Gasteiger charge is 2.12. The quantitative estimate of drug-likeness (QED) is 0.754. The first kappa shape index (κ1) is 15.2. The highest BCUT2D eigenvalue weighted by Crippen LogP contribution is 2.18. The van der Waals surface area contributed by atoms with Gasteiger partial charge in [-0.1, -0.05) is 18.2 Å². The van der Waals surface area contributed by atoms with Crippen molar-refractivity contribution in [2.75, 3.05) is 11.9 Å². The van der Waals surface area contributed by atoms with Gasteiger partial charge in [0.05, 0.1) is 0 Å². The second kappa shape index (κ2) is 6.62. The predicted octanol–water partition coefficient (Wildman–Crippen LogP) is 2.96. The molecule has 0 aliphatic heterocycles. The van der Waals surface area contributed by atoms with Crippen molar-refractivity contribution in [3.63, 3.8) is 0 Å². The Bertz CT molecular complexity index is 820. The summed E-state index contributed by atoms with van der Waals surface area (Å²) in [6.45, 7) is 2.15. The largest absolute Gasteiger partial charge is 0.451 e. The molecule has 7 heteroatoms. The lowest BCUT2D eigenvalue weighted by Crippen LogP contribution is -2.27. The maximum absolute atomic E-state index is 12.0. The molecule has 0 unspecified atom stereocenters. The minimum atomic E-state index is -0.334. The van der Waals surface area contributed by atoms with Gasteiger partial charge in [-0.3, -0.25) is 9.59 Å². The number of carbonyl (C=O) groups is 2. The van der Waals surface area contributed by atoms with Gasteiger partial charge in [-0.25, -0.2) is 4.98 Å². The van der Waals surface area contributed by atoms with E-state index in [9.17, 15) is 9.59 Å². The Hall–Kier alpha value is -2.67. The zero-order valence-corrected chi connectivity index (χ0v) is 13.3. The molecule has 2 aromatic heterocycles. The molecule has 6 nitrogen and oxygen atoms in total. The van der Waals surface area contributed by atoms with Crippen LogP contribution in [-0.4, -0.2) is 23.3 Å². The summed E-state index contributed by atoms with van der Waals surface area (Å²) in [6.07, 6.45) is 1.87. The van der Waals surface area contributed by atoms with Crippen molar-refractivity contribution in [3.05, 3.63) is 47.2 Å². The molecule has 0 bridgehead atoms. The van der Waals surface area contributed by atoms with Crippen LogP contribution in [0.25, 0.3) is 11.0 Å². The summed E-state index contributed by atoms with van der Waals surface area (Å²) in [7, 11) is 0. The number of anilines is 1. The van der Waals surface area contributed by atoms with Crippen molar-refractivity contribution in [3.8, 4) is 0 Å². The van der Waals surface area contributed by atoms with Crippen LogP contribution in [0.2, 0.25) is 0 Å². The van der Waals surface area contributed by atoms with Gasteiger partial charge in [-0.2, -0.15) is 0 Å². The van der Waals surface area contributed by atoms with E-state index in [2.05, 4.69) is 15.6 Å². The SMILES string of the molecule is Cc1cnc(NC(=O)CCNC(=O)c2cc3ccccc3o2)s1. The number of rotatable bonds is 5. The van der Waals surface area contributed by atoms with Gasteiger partial charge in [0.15, 0.2) is 10.9 Å². The number of nitrogens with one attached hydrogen (secondary N) is 2. The summed E-state index contributed by atoms with van der Waals surface area (Å²) in [4.78, 5) is 28.9. The number of hydrogen-bond acceptors (Lipinski definition) is 5. The normalized spacial score (nSPS) is 10.7. The highest BCUT2D eigenvalue weighted by molar-refractivity contribution is 7.15. The van der Waals surface area contributed by atoms with E-state index in [1.165, 1.54) is 11.3 Å². The first-order chi connectivity index (χ1) is 11.1. The average Bonchev–Trinajstić information content (AvgIpc) is 3.13. The van der Waals surface area contributed by atoms with Crippen LogP contribution >= 0.6 is 11.3 Å². The summed E-state index contributed by atoms with van der Waals surface area (Å²) >= 11 is 1.41. The van der Waals surface area contributed by atoms with Crippen molar-refractivity contribution < 1.29 is 14.0 Å². The molecule has 2 amide bonds. The number of benzene rings is 1. The third kappa shape index (κ3) is 3.75. The Morgan fingerprint density at radius 2 is 2.13 bits per heavy atom. The molecule has 2 heterocycles. The summed E-state index contributed by atoms with van der Waals surface area (Å²) in [5.41, 5.74) is 0.662. The molecule has 0 fully saturated rings. The van der Waals surface area contributed by atoms with Gasteiger partial charge in [0.25, 0.3) is 5.91 Å². The number of aromatic nitrogens is 1. The predicted molar refractivity (Wildman–Crippen MR) is 88.6 cm³/mol. The minimum Gasteiger partial charge on any atom is -0.451 e. The summed E-state index contributed by atoms with van der Waals surface area (Å²) in [5, 5.41) is 6.80. The first-order valence-corrected chi connectivity index (χ1v) is 7.92. The van der Waals surface area contributed by atoms with Crippen LogP contribution < -0.4 is 10.6 Å². The second-order valence-electron chi connectivity index (χ2n) is 4.98. The molecule has 1 aromatic carbocycles. The lowest BCUT2D eigenvalue weighted by molar-refractivity contribution is -0.116. The molecule has 0 atom stereocenters. The van der Waals surface area contributed by atoms with Crippen LogP contribution in [0.4, 0.5) is 5.13 Å². The van der Waals surface area contributed by atoms with Gasteiger partial charge in [0.1, 0.15) is 5.58 Å². The van der Waals surface area contributed by atoms with Gasteiger partial charge in [-0.15, -0.1) is 11.3 Å². The van der Waals surface area contributed by atoms with Gasteiger partial charge in [-0.05, 0) is 19.1 Å². The molecular formula is C16H15N3O3S. The number of para-hydroxylation sites is 1. The van der Waals surface area contributed by atoms with Crippen molar-refractivity contribution in [2.24, 2.45) is 0 Å². The molecule has 0 spiro atoms. The van der Waals surface area contributed by atoms with Crippen LogP contribution in [-0.2, 0) is 4.79 Å². The minimum absolute atomic E-state index is 0.171. The lowest BCUT2D eigenvalue weighted by Gasteiger charge is -2.03. The molecule has 23 heavy (non-hydrogen) atoms. The number of amides is 2. The third-order valence-corrected chi connectivity index (χ3v) is 3.98. The average molecular weight is 329 g/mol. The highest BCUT2D eigenvalue weighted by atomic mass is 32.1. The number of hydrogen-bond donors (Lipinski definition) is 2. The van der Waals surface area contributed by atoms with E-state index in [0.29, 0.717) is 10.7 Å². The van der Waals surface area contributed by atoms with Crippen LogP contribution in [0.15, 0.2) is 40.9 Å². The molecule has 0 saturated carbocycles. The van der Waals surface area contributed by atoms with Crippen molar-refractivity contribution in [1.29, 1.82) is 0 Å². The zero-order chi connectivity index (χ0) is 16.2. The Kier molecular flexibility index (Phi) is 4.38. The van der Waals surface area contributed by atoms with E-state index in [4.69, 9.17) is 4.42 Å². The third-order valence-electron chi connectivity index (χ3n) is 3.15. The lowest BCUT2D eigenvalue weighted by atomic mass is 10.2. The number of carbonyl (C=O) groups excluding carboxylic acids is 2. The number of furan rings is 1. The maximum Gasteiger partial charge on any atom is 0.287 e. The topological polar surface area (TPSA) is 84.2 Å². The van der Waals surface area contributed by atoms with Gasteiger partial charge < -0.3 is 15.1 Å². The number of fused-ring (bicyclic) bond motifs is 1. The van der Waals surface area contributed by atoms with Crippen LogP contribution in [0.3, 0.4) is 0 Å². The number of nitrogens with zero attached hydrogens (tertiary/aromatic N) is 1. The molecular weight excluding hydrogens is 314 g/mol. The van der Waals surface area contributed by atoms with E-state index >= 15 is 0 Å². The molecule has 2 N–H and O–H groups in total. The van der Waals surface area contributed by atoms with Crippen molar-refractivity contribution >= 4 is 39.3 Å². The summed E-state index contributed by atoms with van der Waals surface area (Å²) < 4.78 is 5.46. The summed E-state index contributed by atoms with van der Waals surface area (Å²) in [5.74, 6) is -0.287. The van der Waals surface area contributed by atoms with E-state index < -0.39 is 0 Å². The van der Waals surface area contributed by atoms with E-state index in [1.54, 1.807) is 18.3 Å². The van der Waals surface area contributed by atoms with Crippen molar-refractivity contribution in [1.82, 2.24) is 10.3 Å². The number of thiazole rings is 1. The van der Waals surface area contributed by atoms with Crippen LogP contribution in [0.1, 0.15) is 21.9 Å². The summed E-state index contributed by atoms with van der Waals surface area (Å²) in [6, 6.07) is 9.08. The van der Waals surface area contributed by atoms with Crippen LogP contribution in [0.5, 0.6) is 0 Å². The Labute approximate surface area is 136 Å². The smallest absolute Gasteiger partial charge is 0.287 e. The second-order valence-corrected chi connectivity index (χ2v) is 6.21. The van der Waals surface area contributed by atoms with Crippen LogP contribution in [0, 0.1) is 6.92 Å². The van der Waals surface area contributed by atoms with E-state index in [0.717, 1.165) is 10.3 Å². The molecule has 118 valence electrons. The monoisotopic (exact) mass is 329 g/mol. The van der Waals surface area contributed by atoms with Gasteiger partial charge in [0.2, 0.25) is 5.91 Å². The molecule has 0 aliphatic carbocycles. The molecule has 0 saturated heterocycles. The van der Waals surface area contributed by atoms with E-state index in [-0.39, 0.29) is 30.5 Å². The fraction of sp³-hybridized carbons (Fsp3) is 0.188. The Morgan fingerprint density at radius 1 is 1.30 bits per heavy atom. The van der Waals surface area contributed by atoms with Gasteiger partial charge >= 0.3 is 0 Å². The van der Waals surface area contributed by atoms with E-state index in [1.807, 2.05) is 25.1 Å². The zero-order valence-electron chi connectivity index (χ0n) is 12.5.